The number of anilines is 1. The normalized spacial score (nSPS) is 11.6. The van der Waals surface area contributed by atoms with Gasteiger partial charge in [0.05, 0.1) is 10.6 Å². The third-order valence-electron chi connectivity index (χ3n) is 2.75. The van der Waals surface area contributed by atoms with Gasteiger partial charge in [-0.3, -0.25) is 0 Å². The Bertz CT molecular complexity index is 782. The lowest BCUT2D eigenvalue weighted by atomic mass is 10.2. The van der Waals surface area contributed by atoms with Crippen LogP contribution in [0.15, 0.2) is 50.2 Å². The van der Waals surface area contributed by atoms with Crippen molar-refractivity contribution in [3.63, 3.8) is 0 Å². The quantitative estimate of drug-likeness (QED) is 0.720. The van der Waals surface area contributed by atoms with Gasteiger partial charge in [-0.2, -0.15) is 0 Å². The molecule has 2 aromatic carbocycles. The molecule has 0 aliphatic carbocycles. The molecule has 112 valence electrons. The lowest BCUT2D eigenvalue weighted by Gasteiger charge is -2.10. The molecule has 0 aromatic heterocycles. The van der Waals surface area contributed by atoms with Crippen molar-refractivity contribution >= 4 is 47.6 Å². The van der Waals surface area contributed by atoms with Crippen molar-refractivity contribution in [2.24, 2.45) is 0 Å². The van der Waals surface area contributed by atoms with Crippen molar-refractivity contribution in [3.8, 4) is 0 Å². The summed E-state index contributed by atoms with van der Waals surface area (Å²) in [4.78, 5) is -0.103. The molecule has 0 fully saturated rings. The highest BCUT2D eigenvalue weighted by atomic mass is 79.9. The van der Waals surface area contributed by atoms with Crippen LogP contribution in [0.3, 0.4) is 0 Å². The average Bonchev–Trinajstić information content (AvgIpc) is 2.42. The highest BCUT2D eigenvalue weighted by molar-refractivity contribution is 9.10. The highest BCUT2D eigenvalue weighted by Crippen LogP contribution is 2.27. The maximum absolute atomic E-state index is 13.3. The lowest BCUT2D eigenvalue weighted by Crippen LogP contribution is -2.24. The largest absolute Gasteiger partial charge is 0.396 e. The van der Waals surface area contributed by atoms with Crippen LogP contribution in [0.2, 0.25) is 0 Å². The minimum atomic E-state index is -3.81. The maximum Gasteiger partial charge on any atom is 0.242 e. The lowest BCUT2D eigenvalue weighted by molar-refractivity contribution is 0.580. The number of hydrogen-bond donors (Lipinski definition) is 2. The van der Waals surface area contributed by atoms with Crippen LogP contribution in [-0.4, -0.2) is 8.42 Å². The summed E-state index contributed by atoms with van der Waals surface area (Å²) in [7, 11) is -3.81. The molecule has 0 spiro atoms. The van der Waals surface area contributed by atoms with Crippen LogP contribution in [0.4, 0.5) is 10.1 Å². The minimum absolute atomic E-state index is 0.103. The maximum atomic E-state index is 13.3. The Hall–Kier alpha value is -0.960. The summed E-state index contributed by atoms with van der Waals surface area (Å²) >= 11 is 6.38. The molecule has 4 nitrogen and oxygen atoms in total. The SMILES string of the molecule is Nc1cc(S(=O)(=O)NCc2ccccc2Br)c(Br)cc1F. The van der Waals surface area contributed by atoms with Crippen LogP contribution < -0.4 is 10.5 Å². The Kier molecular flexibility index (Phi) is 5.03. The number of nitrogens with one attached hydrogen (secondary N) is 1. The molecule has 3 N–H and O–H groups in total. The average molecular weight is 438 g/mol. The van der Waals surface area contributed by atoms with Gasteiger partial charge in [0.2, 0.25) is 10.0 Å². The fourth-order valence-electron chi connectivity index (χ4n) is 1.64. The van der Waals surface area contributed by atoms with Crippen molar-refractivity contribution in [3.05, 3.63) is 56.7 Å². The van der Waals surface area contributed by atoms with E-state index in [1.165, 1.54) is 0 Å². The number of nitrogen functional groups attached to an aromatic ring is 1. The smallest absolute Gasteiger partial charge is 0.242 e. The molecule has 0 amide bonds. The van der Waals surface area contributed by atoms with Crippen LogP contribution in [0, 0.1) is 5.82 Å². The summed E-state index contributed by atoms with van der Waals surface area (Å²) in [5, 5.41) is 0. The van der Waals surface area contributed by atoms with E-state index in [-0.39, 0.29) is 21.6 Å². The number of benzene rings is 2. The van der Waals surface area contributed by atoms with E-state index < -0.39 is 15.8 Å². The molecule has 21 heavy (non-hydrogen) atoms. The Balaban J connectivity index is 2.27. The predicted octanol–water partition coefficient (Wildman–Crippen LogP) is 3.41. The first kappa shape index (κ1) is 16.4. The Morgan fingerprint density at radius 2 is 1.81 bits per heavy atom. The minimum Gasteiger partial charge on any atom is -0.396 e. The van der Waals surface area contributed by atoms with Gasteiger partial charge in [0.1, 0.15) is 5.82 Å². The molecular weight excluding hydrogens is 427 g/mol. The second-order valence-corrected chi connectivity index (χ2v) is 7.66. The summed E-state index contributed by atoms with van der Waals surface area (Å²) in [6.45, 7) is 0.105. The number of nitrogens with two attached hydrogens (primary N) is 1. The molecule has 2 aromatic rings. The zero-order chi connectivity index (χ0) is 15.6. The van der Waals surface area contributed by atoms with Gasteiger partial charge in [0.25, 0.3) is 0 Å². The van der Waals surface area contributed by atoms with Gasteiger partial charge >= 0.3 is 0 Å². The Morgan fingerprint density at radius 3 is 2.48 bits per heavy atom. The summed E-state index contributed by atoms with van der Waals surface area (Å²) in [6.07, 6.45) is 0. The van der Waals surface area contributed by atoms with Crippen LogP contribution in [-0.2, 0) is 16.6 Å². The zero-order valence-electron chi connectivity index (χ0n) is 10.6. The number of rotatable bonds is 4. The van der Waals surface area contributed by atoms with Crippen LogP contribution >= 0.6 is 31.9 Å². The molecule has 0 unspecified atom stereocenters. The van der Waals surface area contributed by atoms with Crippen LogP contribution in [0.25, 0.3) is 0 Å². The van der Waals surface area contributed by atoms with Gasteiger partial charge < -0.3 is 5.73 Å². The first-order valence-corrected chi connectivity index (χ1v) is 8.86. The number of hydrogen-bond acceptors (Lipinski definition) is 3. The zero-order valence-corrected chi connectivity index (χ0v) is 14.6. The Morgan fingerprint density at radius 1 is 1.14 bits per heavy atom. The first-order chi connectivity index (χ1) is 9.81. The summed E-state index contributed by atoms with van der Waals surface area (Å²) in [5.41, 5.74) is 5.98. The molecule has 0 atom stereocenters. The molecule has 0 aliphatic rings. The standard InChI is InChI=1S/C13H11Br2FN2O2S/c14-9-4-2-1-3-8(9)7-18-21(19,20)13-6-12(17)11(16)5-10(13)15/h1-6,18H,7,17H2. The van der Waals surface area contributed by atoms with Crippen molar-refractivity contribution in [2.45, 2.75) is 11.4 Å². The third-order valence-corrected chi connectivity index (χ3v) is 5.88. The van der Waals surface area contributed by atoms with E-state index in [0.717, 1.165) is 22.2 Å². The highest BCUT2D eigenvalue weighted by Gasteiger charge is 2.19. The van der Waals surface area contributed by atoms with Crippen LogP contribution in [0.1, 0.15) is 5.56 Å². The molecule has 2 rings (SSSR count). The molecule has 0 saturated heterocycles. The molecule has 8 heteroatoms. The summed E-state index contributed by atoms with van der Waals surface area (Å²) in [5.74, 6) is -0.674. The summed E-state index contributed by atoms with van der Waals surface area (Å²) in [6, 6.07) is 9.36. The van der Waals surface area contributed by atoms with Crippen molar-refractivity contribution < 1.29 is 12.8 Å². The van der Waals surface area contributed by atoms with E-state index in [9.17, 15) is 12.8 Å². The van der Waals surface area contributed by atoms with E-state index in [0.29, 0.717) is 0 Å². The Labute approximate surface area is 138 Å². The van der Waals surface area contributed by atoms with Crippen molar-refractivity contribution in [2.75, 3.05) is 5.73 Å². The van der Waals surface area contributed by atoms with Crippen molar-refractivity contribution in [1.82, 2.24) is 4.72 Å². The summed E-state index contributed by atoms with van der Waals surface area (Å²) < 4.78 is 41.2. The predicted molar refractivity (Wildman–Crippen MR) is 86.7 cm³/mol. The third kappa shape index (κ3) is 3.82. The second kappa shape index (κ2) is 6.43. The molecule has 0 saturated carbocycles. The van der Waals surface area contributed by atoms with Crippen LogP contribution in [0.5, 0.6) is 0 Å². The fraction of sp³-hybridized carbons (Fsp3) is 0.0769. The van der Waals surface area contributed by atoms with E-state index in [1.807, 2.05) is 12.1 Å². The number of halogens is 3. The van der Waals surface area contributed by atoms with Gasteiger partial charge in [-0.15, -0.1) is 0 Å². The number of sulfonamides is 1. The van der Waals surface area contributed by atoms with Gasteiger partial charge in [0, 0.05) is 15.5 Å². The van der Waals surface area contributed by atoms with E-state index in [1.54, 1.807) is 12.1 Å². The van der Waals surface area contributed by atoms with Crippen molar-refractivity contribution in [1.29, 1.82) is 0 Å². The van der Waals surface area contributed by atoms with Gasteiger partial charge in [0.15, 0.2) is 0 Å². The first-order valence-electron chi connectivity index (χ1n) is 5.79. The molecule has 0 radical (unpaired) electrons. The van der Waals surface area contributed by atoms with E-state index in [2.05, 4.69) is 36.6 Å². The van der Waals surface area contributed by atoms with Gasteiger partial charge in [-0.25, -0.2) is 17.5 Å². The molecule has 0 heterocycles. The second-order valence-electron chi connectivity index (χ2n) is 4.22. The molecule has 0 aliphatic heterocycles. The van der Waals surface area contributed by atoms with E-state index >= 15 is 0 Å². The van der Waals surface area contributed by atoms with Gasteiger partial charge in [-0.1, -0.05) is 34.1 Å². The topological polar surface area (TPSA) is 72.2 Å². The van der Waals surface area contributed by atoms with Gasteiger partial charge in [-0.05, 0) is 39.7 Å². The fourth-order valence-corrected chi connectivity index (χ4v) is 4.12. The molecular formula is C13H11Br2FN2O2S. The van der Waals surface area contributed by atoms with E-state index in [4.69, 9.17) is 5.73 Å². The molecule has 0 bridgehead atoms. The monoisotopic (exact) mass is 436 g/mol.